The highest BCUT2D eigenvalue weighted by Crippen LogP contribution is 2.39. The summed E-state index contributed by atoms with van der Waals surface area (Å²) in [6.45, 7) is 15.3. The molecule has 6 aromatic carbocycles. The minimum atomic E-state index is -0.433. The number of aromatic nitrogens is 4. The summed E-state index contributed by atoms with van der Waals surface area (Å²) in [5.74, 6) is 2.17. The first kappa shape index (κ1) is 32.3. The maximum Gasteiger partial charge on any atom is 0.268 e. The van der Waals surface area contributed by atoms with Crippen LogP contribution >= 0.6 is 0 Å². The van der Waals surface area contributed by atoms with Gasteiger partial charge >= 0.3 is 0 Å². The molecule has 0 amide bonds. The van der Waals surface area contributed by atoms with Crippen molar-refractivity contribution in [3.63, 3.8) is 0 Å². The largest absolute Gasteiger partial charge is 0.458 e. The normalized spacial score (nSPS) is 13.2. The van der Waals surface area contributed by atoms with Crippen molar-refractivity contribution in [2.75, 3.05) is 0 Å². The molecular formula is C54H50N4O. The summed E-state index contributed by atoms with van der Waals surface area (Å²) in [5, 5.41) is 2.24. The molecule has 0 saturated carbocycles. The number of fused-ring (bicyclic) bond motifs is 3. The fourth-order valence-electron chi connectivity index (χ4n) is 7.75. The van der Waals surface area contributed by atoms with E-state index in [1.54, 1.807) is 0 Å². The van der Waals surface area contributed by atoms with Crippen LogP contribution in [0.3, 0.4) is 0 Å². The van der Waals surface area contributed by atoms with Crippen LogP contribution in [0.15, 0.2) is 164 Å². The van der Waals surface area contributed by atoms with Crippen LogP contribution in [0, 0.1) is 6.33 Å². The molecule has 292 valence electrons. The number of ether oxygens (including phenoxy) is 1. The molecule has 0 radical (unpaired) electrons. The van der Waals surface area contributed by atoms with E-state index in [4.69, 9.17) is 16.6 Å². The summed E-state index contributed by atoms with van der Waals surface area (Å²) in [7, 11) is 0. The van der Waals surface area contributed by atoms with Gasteiger partial charge < -0.3 is 4.74 Å². The fourth-order valence-corrected chi connectivity index (χ4v) is 7.75. The van der Waals surface area contributed by atoms with Crippen molar-refractivity contribution >= 4 is 21.8 Å². The summed E-state index contributed by atoms with van der Waals surface area (Å²) < 4.78 is 56.1. The van der Waals surface area contributed by atoms with Crippen molar-refractivity contribution in [1.82, 2.24) is 14.1 Å². The lowest BCUT2D eigenvalue weighted by Gasteiger charge is -2.27. The van der Waals surface area contributed by atoms with Gasteiger partial charge in [0.2, 0.25) is 0 Å². The zero-order valence-electron chi connectivity index (χ0n) is 39.6. The first-order chi connectivity index (χ1) is 30.5. The summed E-state index contributed by atoms with van der Waals surface area (Å²) in [5.41, 5.74) is 9.14. The van der Waals surface area contributed by atoms with Gasteiger partial charge in [-0.25, -0.2) is 4.98 Å². The predicted octanol–water partition coefficient (Wildman–Crippen LogP) is 13.3. The molecule has 0 saturated heterocycles. The number of hydrogen-bond acceptors (Lipinski definition) is 2. The molecule has 3 heterocycles. The highest BCUT2D eigenvalue weighted by atomic mass is 16.5. The van der Waals surface area contributed by atoms with E-state index in [0.29, 0.717) is 22.7 Å². The molecule has 0 unspecified atom stereocenters. The minimum Gasteiger partial charge on any atom is -0.458 e. The number of nitrogens with zero attached hydrogens (tertiary/aromatic N) is 4. The van der Waals surface area contributed by atoms with Gasteiger partial charge in [-0.15, -0.1) is 0 Å². The Labute approximate surface area is 354 Å². The second kappa shape index (κ2) is 14.9. The Bertz CT molecular complexity index is 3220. The Hall–Kier alpha value is -6.72. The number of rotatable bonds is 8. The van der Waals surface area contributed by atoms with Crippen molar-refractivity contribution in [3.05, 3.63) is 187 Å². The lowest BCUT2D eigenvalue weighted by Crippen LogP contribution is -2.30. The smallest absolute Gasteiger partial charge is 0.268 e. The van der Waals surface area contributed by atoms with Crippen LogP contribution in [-0.4, -0.2) is 14.1 Å². The van der Waals surface area contributed by atoms with Crippen LogP contribution in [-0.2, 0) is 17.3 Å². The van der Waals surface area contributed by atoms with Crippen LogP contribution in [0.5, 0.6) is 11.5 Å². The number of aryl methyl sites for hydroxylation is 1. The van der Waals surface area contributed by atoms with Crippen LogP contribution in [0.2, 0.25) is 0 Å². The molecule has 0 bridgehead atoms. The van der Waals surface area contributed by atoms with E-state index in [-0.39, 0.29) is 40.6 Å². The van der Waals surface area contributed by atoms with E-state index < -0.39 is 6.04 Å². The van der Waals surface area contributed by atoms with Gasteiger partial charge in [0.15, 0.2) is 0 Å². The van der Waals surface area contributed by atoms with Gasteiger partial charge in [-0.3, -0.25) is 13.7 Å². The molecule has 0 atom stereocenters. The summed E-state index contributed by atoms with van der Waals surface area (Å²) >= 11 is 0. The van der Waals surface area contributed by atoms with Gasteiger partial charge in [-0.05, 0) is 105 Å². The average Bonchev–Trinajstić information content (AvgIpc) is 3.90. The number of imidazole rings is 1. The summed E-state index contributed by atoms with van der Waals surface area (Å²) in [6.07, 6.45) is 10.1. The van der Waals surface area contributed by atoms with E-state index in [9.17, 15) is 0 Å². The SMILES string of the molecule is [2H]c1c([2H])c([2H])c(-c2cccc(-c3cc(C(C)(C)C)cc(C(C)(C)C)c3)c2-[n+]2[c-]n(-c3cccc(Oc4ccc5c6ccccc6n(-c6cc(CC)ccn6)c5c4)c3)cc2)c([2H])c1[2H]. The van der Waals surface area contributed by atoms with E-state index in [1.807, 2.05) is 76.3 Å². The second-order valence-corrected chi connectivity index (χ2v) is 17.1. The number of hydrogen-bond donors (Lipinski definition) is 0. The third-order valence-corrected chi connectivity index (χ3v) is 11.0. The van der Waals surface area contributed by atoms with E-state index in [1.165, 1.54) is 16.7 Å². The zero-order chi connectivity index (χ0) is 45.2. The standard InChI is InChI=1S/C54H50N4O/c1-8-37-26-27-55-51(30-37)58-49-23-13-12-20-47(49)48-25-24-44(35-50(48)58)59-43-19-14-18-42(34-43)56-28-29-57(36-56)52-45(38-16-10-9-11-17-38)21-15-22-46(52)39-31-40(53(2,3)4)33-41(32-39)54(5,6)7/h9-35H,8H2,1-7H3/i9D,10D,11D,16D,17D. The molecule has 5 heteroatoms. The first-order valence-corrected chi connectivity index (χ1v) is 20.2. The molecule has 0 fully saturated rings. The lowest BCUT2D eigenvalue weighted by molar-refractivity contribution is -0.598. The number of benzene rings is 6. The van der Waals surface area contributed by atoms with Crippen LogP contribution < -0.4 is 9.30 Å². The van der Waals surface area contributed by atoms with Gasteiger partial charge in [-0.1, -0.05) is 139 Å². The van der Waals surface area contributed by atoms with Crippen molar-refractivity contribution in [2.45, 2.75) is 65.7 Å². The van der Waals surface area contributed by atoms with Gasteiger partial charge in [0.25, 0.3) is 6.33 Å². The monoisotopic (exact) mass is 775 g/mol. The molecule has 59 heavy (non-hydrogen) atoms. The Morgan fingerprint density at radius 1 is 0.678 bits per heavy atom. The molecule has 9 rings (SSSR count). The van der Waals surface area contributed by atoms with E-state index >= 15 is 0 Å². The number of para-hydroxylation sites is 2. The maximum atomic E-state index is 9.02. The van der Waals surface area contributed by atoms with Crippen LogP contribution in [0.4, 0.5) is 0 Å². The minimum absolute atomic E-state index is 0.125. The van der Waals surface area contributed by atoms with Gasteiger partial charge in [0.1, 0.15) is 17.3 Å². The van der Waals surface area contributed by atoms with E-state index in [0.717, 1.165) is 50.9 Å². The molecule has 3 aromatic heterocycles. The lowest BCUT2D eigenvalue weighted by atomic mass is 9.78. The van der Waals surface area contributed by atoms with Crippen LogP contribution in [0.25, 0.3) is 61.3 Å². The molecule has 5 nitrogen and oxygen atoms in total. The summed E-state index contributed by atoms with van der Waals surface area (Å²) in [4.78, 5) is 4.78. The maximum absolute atomic E-state index is 9.02. The zero-order valence-corrected chi connectivity index (χ0v) is 34.6. The highest BCUT2D eigenvalue weighted by molar-refractivity contribution is 6.09. The molecule has 9 aromatic rings. The Morgan fingerprint density at radius 3 is 2.12 bits per heavy atom. The Morgan fingerprint density at radius 2 is 1.37 bits per heavy atom. The summed E-state index contributed by atoms with van der Waals surface area (Å²) in [6, 6.07) is 37.2. The first-order valence-electron chi connectivity index (χ1n) is 22.7. The second-order valence-electron chi connectivity index (χ2n) is 17.1. The third-order valence-electron chi connectivity index (χ3n) is 11.0. The predicted molar refractivity (Wildman–Crippen MR) is 242 cm³/mol. The molecule has 0 aliphatic carbocycles. The molecular weight excluding hydrogens is 721 g/mol. The molecule has 0 spiro atoms. The van der Waals surface area contributed by atoms with Crippen molar-refractivity contribution in [2.24, 2.45) is 0 Å². The average molecular weight is 776 g/mol. The van der Waals surface area contributed by atoms with Gasteiger partial charge in [0.05, 0.1) is 29.3 Å². The number of pyridine rings is 1. The highest BCUT2D eigenvalue weighted by Gasteiger charge is 2.23. The van der Waals surface area contributed by atoms with Gasteiger partial charge in [-0.2, -0.15) is 0 Å². The Kier molecular flexibility index (Phi) is 8.15. The quantitative estimate of drug-likeness (QED) is 0.114. The van der Waals surface area contributed by atoms with Crippen molar-refractivity contribution < 1.29 is 16.2 Å². The topological polar surface area (TPSA) is 35.9 Å². The molecule has 0 aliphatic heterocycles. The molecule has 0 N–H and O–H groups in total. The van der Waals surface area contributed by atoms with Gasteiger partial charge in [0, 0.05) is 35.4 Å². The van der Waals surface area contributed by atoms with Crippen molar-refractivity contribution in [3.8, 4) is 50.9 Å². The molecule has 0 aliphatic rings. The van der Waals surface area contributed by atoms with Crippen LogP contribution in [0.1, 0.15) is 72.0 Å². The van der Waals surface area contributed by atoms with Crippen molar-refractivity contribution in [1.29, 1.82) is 0 Å². The van der Waals surface area contributed by atoms with E-state index in [2.05, 4.69) is 126 Å². The third kappa shape index (κ3) is 7.34. The fraction of sp³-hybridized carbons (Fsp3) is 0.185. The Balaban J connectivity index is 1.16.